The highest BCUT2D eigenvalue weighted by atomic mass is 16.2. The third-order valence-corrected chi connectivity index (χ3v) is 3.05. The Morgan fingerprint density at radius 2 is 1.72 bits per heavy atom. The molecule has 0 fully saturated rings. The van der Waals surface area contributed by atoms with Gasteiger partial charge in [-0.25, -0.2) is 0 Å². The maximum absolute atomic E-state index is 12.0. The monoisotopic (exact) mass is 247 g/mol. The summed E-state index contributed by atoms with van der Waals surface area (Å²) in [6.07, 6.45) is 0.575. The van der Waals surface area contributed by atoms with Crippen molar-refractivity contribution in [2.24, 2.45) is 5.92 Å². The molecule has 0 aliphatic carbocycles. The standard InChI is InChI=1S/C15H21NO2/c1-11(2)15(18)16(4)14(12(3)17)10-13-8-6-5-7-9-13/h5-9,11,14H,10H2,1-4H3/t14-/m0/s1. The van der Waals surface area contributed by atoms with Gasteiger partial charge in [-0.1, -0.05) is 44.2 Å². The molecule has 1 amide bonds. The molecule has 0 spiro atoms. The van der Waals surface area contributed by atoms with Gasteiger partial charge < -0.3 is 4.90 Å². The van der Waals surface area contributed by atoms with Crippen LogP contribution in [0, 0.1) is 5.92 Å². The van der Waals surface area contributed by atoms with Crippen LogP contribution in [0.25, 0.3) is 0 Å². The van der Waals surface area contributed by atoms with Crippen LogP contribution in [0.3, 0.4) is 0 Å². The van der Waals surface area contributed by atoms with Crippen molar-refractivity contribution in [2.75, 3.05) is 7.05 Å². The molecule has 3 nitrogen and oxygen atoms in total. The highest BCUT2D eigenvalue weighted by Gasteiger charge is 2.25. The Bertz CT molecular complexity index is 412. The number of amides is 1. The van der Waals surface area contributed by atoms with Gasteiger partial charge in [-0.3, -0.25) is 9.59 Å². The molecule has 3 heteroatoms. The third kappa shape index (κ3) is 3.69. The van der Waals surface area contributed by atoms with Gasteiger partial charge in [0.2, 0.25) is 5.91 Å². The van der Waals surface area contributed by atoms with E-state index in [-0.39, 0.29) is 23.7 Å². The number of carbonyl (C=O) groups excluding carboxylic acids is 2. The first-order chi connectivity index (χ1) is 8.43. The van der Waals surface area contributed by atoms with Crippen molar-refractivity contribution in [3.05, 3.63) is 35.9 Å². The normalized spacial score (nSPS) is 12.3. The van der Waals surface area contributed by atoms with Crippen LogP contribution in [0.2, 0.25) is 0 Å². The van der Waals surface area contributed by atoms with Crippen molar-refractivity contribution in [3.63, 3.8) is 0 Å². The second kappa shape index (κ2) is 6.34. The lowest BCUT2D eigenvalue weighted by Crippen LogP contribution is -2.44. The molecule has 1 aromatic rings. The van der Waals surface area contributed by atoms with Crippen LogP contribution in [0.1, 0.15) is 26.3 Å². The highest BCUT2D eigenvalue weighted by molar-refractivity contribution is 5.88. The lowest BCUT2D eigenvalue weighted by molar-refractivity contribution is -0.139. The van der Waals surface area contributed by atoms with Gasteiger partial charge in [-0.2, -0.15) is 0 Å². The Labute approximate surface area is 109 Å². The topological polar surface area (TPSA) is 37.4 Å². The van der Waals surface area contributed by atoms with E-state index < -0.39 is 0 Å². The molecular weight excluding hydrogens is 226 g/mol. The fraction of sp³-hybridized carbons (Fsp3) is 0.467. The smallest absolute Gasteiger partial charge is 0.225 e. The summed E-state index contributed by atoms with van der Waals surface area (Å²) >= 11 is 0. The van der Waals surface area contributed by atoms with Crippen molar-refractivity contribution in [1.29, 1.82) is 0 Å². The van der Waals surface area contributed by atoms with E-state index >= 15 is 0 Å². The molecule has 0 aromatic heterocycles. The Morgan fingerprint density at radius 1 is 1.17 bits per heavy atom. The van der Waals surface area contributed by atoms with Crippen LogP contribution in [0.5, 0.6) is 0 Å². The van der Waals surface area contributed by atoms with Crippen molar-refractivity contribution >= 4 is 11.7 Å². The molecule has 18 heavy (non-hydrogen) atoms. The lowest BCUT2D eigenvalue weighted by Gasteiger charge is -2.27. The summed E-state index contributed by atoms with van der Waals surface area (Å²) in [5.74, 6) is -0.0610. The third-order valence-electron chi connectivity index (χ3n) is 3.05. The van der Waals surface area contributed by atoms with E-state index in [1.54, 1.807) is 11.9 Å². The molecule has 0 N–H and O–H groups in total. The predicted octanol–water partition coefficient (Wildman–Crippen LogP) is 2.30. The van der Waals surface area contributed by atoms with Crippen LogP contribution >= 0.6 is 0 Å². The van der Waals surface area contributed by atoms with E-state index in [2.05, 4.69) is 0 Å². The van der Waals surface area contributed by atoms with Gasteiger partial charge in [0, 0.05) is 13.0 Å². The molecule has 0 aliphatic heterocycles. The van der Waals surface area contributed by atoms with Crippen molar-refractivity contribution in [2.45, 2.75) is 33.2 Å². The molecule has 0 saturated carbocycles. The van der Waals surface area contributed by atoms with Gasteiger partial charge in [0.1, 0.15) is 0 Å². The van der Waals surface area contributed by atoms with E-state index in [0.29, 0.717) is 6.42 Å². The number of Topliss-reactive ketones (excluding diaryl/α,β-unsaturated/α-hetero) is 1. The highest BCUT2D eigenvalue weighted by Crippen LogP contribution is 2.11. The Balaban J connectivity index is 2.84. The van der Waals surface area contributed by atoms with Gasteiger partial charge in [-0.05, 0) is 18.9 Å². The van der Waals surface area contributed by atoms with E-state index in [9.17, 15) is 9.59 Å². The number of nitrogens with zero attached hydrogens (tertiary/aromatic N) is 1. The first kappa shape index (κ1) is 14.4. The van der Waals surface area contributed by atoms with Crippen molar-refractivity contribution < 1.29 is 9.59 Å². The number of hydrogen-bond acceptors (Lipinski definition) is 2. The minimum absolute atomic E-state index is 0.00568. The van der Waals surface area contributed by atoms with Crippen LogP contribution in [0.4, 0.5) is 0 Å². The van der Waals surface area contributed by atoms with Gasteiger partial charge in [0.15, 0.2) is 5.78 Å². The average molecular weight is 247 g/mol. The quantitative estimate of drug-likeness (QED) is 0.800. The molecule has 0 aliphatic rings. The van der Waals surface area contributed by atoms with Crippen LogP contribution in [-0.4, -0.2) is 29.7 Å². The van der Waals surface area contributed by atoms with Crippen molar-refractivity contribution in [1.82, 2.24) is 4.90 Å². The summed E-state index contributed by atoms with van der Waals surface area (Å²) in [4.78, 5) is 25.2. The Morgan fingerprint density at radius 3 is 2.17 bits per heavy atom. The molecule has 1 atom stereocenters. The molecule has 0 bridgehead atoms. The van der Waals surface area contributed by atoms with Crippen LogP contribution in [0.15, 0.2) is 30.3 Å². The molecular formula is C15H21NO2. The fourth-order valence-corrected chi connectivity index (χ4v) is 1.95. The molecule has 0 unspecified atom stereocenters. The Kier molecular flexibility index (Phi) is 5.08. The summed E-state index contributed by atoms with van der Waals surface area (Å²) in [6, 6.07) is 9.40. The van der Waals surface area contributed by atoms with Crippen LogP contribution < -0.4 is 0 Å². The maximum Gasteiger partial charge on any atom is 0.225 e. The molecule has 0 heterocycles. The summed E-state index contributed by atoms with van der Waals surface area (Å²) in [6.45, 7) is 5.23. The van der Waals surface area contributed by atoms with Gasteiger partial charge in [-0.15, -0.1) is 0 Å². The minimum Gasteiger partial charge on any atom is -0.335 e. The SMILES string of the molecule is CC(=O)[C@H](Cc1ccccc1)N(C)C(=O)C(C)C. The second-order valence-electron chi connectivity index (χ2n) is 4.92. The lowest BCUT2D eigenvalue weighted by atomic mass is 10.0. The minimum atomic E-state index is -0.373. The number of hydrogen-bond donors (Lipinski definition) is 0. The summed E-state index contributed by atoms with van der Waals surface area (Å²) in [5, 5.41) is 0. The number of carbonyl (C=O) groups is 2. The Hall–Kier alpha value is -1.64. The zero-order chi connectivity index (χ0) is 13.7. The average Bonchev–Trinajstić information content (AvgIpc) is 2.35. The summed E-state index contributed by atoms with van der Waals surface area (Å²) in [7, 11) is 1.71. The van der Waals surface area contributed by atoms with Gasteiger partial charge in [0.25, 0.3) is 0 Å². The zero-order valence-corrected chi connectivity index (χ0v) is 11.5. The molecule has 1 aromatic carbocycles. The number of rotatable bonds is 5. The van der Waals surface area contributed by atoms with Crippen molar-refractivity contribution in [3.8, 4) is 0 Å². The van der Waals surface area contributed by atoms with E-state index in [0.717, 1.165) is 5.56 Å². The van der Waals surface area contributed by atoms with Crippen LogP contribution in [-0.2, 0) is 16.0 Å². The van der Waals surface area contributed by atoms with Gasteiger partial charge >= 0.3 is 0 Å². The first-order valence-electron chi connectivity index (χ1n) is 6.24. The van der Waals surface area contributed by atoms with E-state index in [1.807, 2.05) is 44.2 Å². The predicted molar refractivity (Wildman–Crippen MR) is 72.2 cm³/mol. The van der Waals surface area contributed by atoms with E-state index in [4.69, 9.17) is 0 Å². The fourth-order valence-electron chi connectivity index (χ4n) is 1.95. The molecule has 98 valence electrons. The number of ketones is 1. The summed E-state index contributed by atoms with van der Waals surface area (Å²) < 4.78 is 0. The largest absolute Gasteiger partial charge is 0.335 e. The molecule has 0 saturated heterocycles. The number of likely N-dealkylation sites (N-methyl/N-ethyl adjacent to an activating group) is 1. The maximum atomic E-state index is 12.0. The molecule has 0 radical (unpaired) electrons. The first-order valence-corrected chi connectivity index (χ1v) is 6.24. The zero-order valence-electron chi connectivity index (χ0n) is 11.5. The number of benzene rings is 1. The molecule has 1 rings (SSSR count). The second-order valence-corrected chi connectivity index (χ2v) is 4.92. The van der Waals surface area contributed by atoms with Gasteiger partial charge in [0.05, 0.1) is 6.04 Å². The van der Waals surface area contributed by atoms with E-state index in [1.165, 1.54) is 6.92 Å². The summed E-state index contributed by atoms with van der Waals surface area (Å²) in [5.41, 5.74) is 1.07.